The number of hydrogen-bond donors (Lipinski definition) is 4. The van der Waals surface area contributed by atoms with Crippen LogP contribution in [0.5, 0.6) is 5.75 Å². The maximum absolute atomic E-state index is 15.1. The zero-order valence-corrected chi connectivity index (χ0v) is 35.0. The average molecular weight is 809 g/mol. The molecule has 6 rings (SSSR count). The van der Waals surface area contributed by atoms with Gasteiger partial charge in [-0.15, -0.1) is 0 Å². The van der Waals surface area contributed by atoms with Crippen molar-refractivity contribution in [3.8, 4) is 5.75 Å². The molecule has 4 aliphatic rings. The van der Waals surface area contributed by atoms with Crippen molar-refractivity contribution in [3.05, 3.63) is 47.5 Å². The van der Waals surface area contributed by atoms with E-state index in [2.05, 4.69) is 5.32 Å². The first-order chi connectivity index (χ1) is 27.3. The van der Waals surface area contributed by atoms with Crippen molar-refractivity contribution >= 4 is 49.1 Å². The topological polar surface area (TPSA) is 178 Å². The second kappa shape index (κ2) is 18.0. The van der Waals surface area contributed by atoms with Gasteiger partial charge in [-0.2, -0.15) is 0 Å². The van der Waals surface area contributed by atoms with Crippen molar-refractivity contribution in [2.45, 2.75) is 114 Å². The molecule has 2 fully saturated rings. The van der Waals surface area contributed by atoms with Crippen molar-refractivity contribution in [1.82, 2.24) is 10.2 Å². The van der Waals surface area contributed by atoms with E-state index in [9.17, 15) is 29.4 Å². The fraction of sp³-hybridized carbons (Fsp3) is 0.619. The quantitative estimate of drug-likeness (QED) is 0.104. The molecular weight excluding hydrogens is 749 g/mol. The summed E-state index contributed by atoms with van der Waals surface area (Å²) in [7, 11) is -1.76. The Morgan fingerprint density at radius 3 is 2.53 bits per heavy atom. The molecule has 0 aliphatic carbocycles. The fourth-order valence-corrected chi connectivity index (χ4v) is 12.2. The van der Waals surface area contributed by atoms with Gasteiger partial charge in [-0.05, 0) is 113 Å². The number of benzene rings is 2. The molecular formula is C42H60N4O10Si. The second-order valence-electron chi connectivity index (χ2n) is 16.4. The van der Waals surface area contributed by atoms with Crippen LogP contribution in [0.2, 0.25) is 18.6 Å². The third kappa shape index (κ3) is 8.37. The molecule has 0 bridgehead atoms. The number of amides is 3. The van der Waals surface area contributed by atoms with Crippen molar-refractivity contribution < 1.29 is 48.4 Å². The number of ether oxygens (including phenoxy) is 3. The predicted molar refractivity (Wildman–Crippen MR) is 217 cm³/mol. The SMILES string of the molecule is CCOc1ccc2c(c1)CC(NCCCCO)C(=O)N2c1ccc2c(c1)[C@@]1(O[C@H](CC(=O)N3CCC[C@H]3CO)[C@@H]([Si](C)(C)O)[C@@H]1C)C(=O)N2CCCCC(=O)OC. The van der Waals surface area contributed by atoms with Crippen molar-refractivity contribution in [3.63, 3.8) is 0 Å². The number of fused-ring (bicyclic) bond motifs is 3. The van der Waals surface area contributed by atoms with Crippen LogP contribution in [0, 0.1) is 5.92 Å². The Bertz CT molecular complexity index is 1800. The molecule has 4 aliphatic heterocycles. The summed E-state index contributed by atoms with van der Waals surface area (Å²) < 4.78 is 17.7. The third-order valence-electron chi connectivity index (χ3n) is 12.3. The van der Waals surface area contributed by atoms with Crippen LogP contribution in [-0.4, -0.2) is 117 Å². The number of likely N-dealkylation sites (tertiary alicyclic amines) is 1. The Morgan fingerprint density at radius 1 is 1.05 bits per heavy atom. The summed E-state index contributed by atoms with van der Waals surface area (Å²) in [6.07, 6.45) is 3.66. The van der Waals surface area contributed by atoms with Gasteiger partial charge in [0.2, 0.25) is 11.8 Å². The van der Waals surface area contributed by atoms with E-state index in [-0.39, 0.29) is 55.8 Å². The third-order valence-corrected chi connectivity index (χ3v) is 14.8. The van der Waals surface area contributed by atoms with Gasteiger partial charge in [0.25, 0.3) is 5.91 Å². The fourth-order valence-electron chi connectivity index (χ4n) is 9.63. The zero-order valence-electron chi connectivity index (χ0n) is 34.0. The van der Waals surface area contributed by atoms with Gasteiger partial charge in [0.15, 0.2) is 13.9 Å². The van der Waals surface area contributed by atoms with Gasteiger partial charge in [0, 0.05) is 48.8 Å². The Morgan fingerprint density at radius 2 is 1.82 bits per heavy atom. The molecule has 0 radical (unpaired) electrons. The average Bonchev–Trinajstić information content (AvgIpc) is 3.85. The number of rotatable bonds is 17. The van der Waals surface area contributed by atoms with E-state index in [4.69, 9.17) is 14.2 Å². The second-order valence-corrected chi connectivity index (χ2v) is 20.3. The molecule has 4 heterocycles. The molecule has 15 heteroatoms. The lowest BCUT2D eigenvalue weighted by Gasteiger charge is -2.36. The number of esters is 1. The molecule has 0 aromatic heterocycles. The summed E-state index contributed by atoms with van der Waals surface area (Å²) in [5.74, 6) is -0.825. The van der Waals surface area contributed by atoms with Gasteiger partial charge < -0.3 is 44.3 Å². The van der Waals surface area contributed by atoms with Crippen molar-refractivity contribution in [1.29, 1.82) is 0 Å². The number of unbranched alkanes of at least 4 members (excludes halogenated alkanes) is 2. The minimum atomic E-state index is -3.11. The number of methoxy groups -OCH3 is 1. The summed E-state index contributed by atoms with van der Waals surface area (Å²) in [5.41, 5.74) is 1.27. The predicted octanol–water partition coefficient (Wildman–Crippen LogP) is 3.90. The molecule has 0 saturated carbocycles. The van der Waals surface area contributed by atoms with E-state index in [1.807, 2.05) is 63.3 Å². The Balaban J connectivity index is 1.43. The minimum absolute atomic E-state index is 0.0462. The molecule has 2 aromatic rings. The van der Waals surface area contributed by atoms with Crippen LogP contribution < -0.4 is 19.9 Å². The van der Waals surface area contributed by atoms with Gasteiger partial charge >= 0.3 is 5.97 Å². The number of carbonyl (C=O) groups excluding carboxylic acids is 4. The maximum atomic E-state index is 15.1. The molecule has 1 spiro atoms. The van der Waals surface area contributed by atoms with Crippen LogP contribution >= 0.6 is 0 Å². The number of aliphatic hydroxyl groups is 2. The lowest BCUT2D eigenvalue weighted by atomic mass is 9.82. The van der Waals surface area contributed by atoms with Crippen LogP contribution in [0.3, 0.4) is 0 Å². The first-order valence-electron chi connectivity index (χ1n) is 20.6. The molecule has 57 heavy (non-hydrogen) atoms. The largest absolute Gasteiger partial charge is 0.494 e. The first-order valence-corrected chi connectivity index (χ1v) is 23.6. The molecule has 4 N–H and O–H groups in total. The van der Waals surface area contributed by atoms with E-state index < -0.39 is 37.5 Å². The number of anilines is 3. The standard InChI is InChI=1S/C42H60N4O10Si/c1-6-55-31-15-17-34-28(22-31)23-33(43-18-8-10-21-47)40(51)46(34)29-14-16-35-32(24-29)42(41(52)45(35)19-9-7-13-38(50)54-3)27(2)39(57(4,5)53)36(56-42)25-37(49)44-20-11-12-30(44)26-48/h14-17,22,24,27,30,33,36,39,43,47-48,53H,6-13,18-21,23,25-26H2,1-5H3/t27-,30-,33?,36+,39-,42+/m0/s1. The Labute approximate surface area is 336 Å². The van der Waals surface area contributed by atoms with E-state index >= 15 is 4.79 Å². The van der Waals surface area contributed by atoms with Crippen LogP contribution in [0.25, 0.3) is 0 Å². The summed E-state index contributed by atoms with van der Waals surface area (Å²) in [6, 6.07) is 10.4. The highest BCUT2D eigenvalue weighted by Gasteiger charge is 2.66. The molecule has 312 valence electrons. The molecule has 2 aromatic carbocycles. The highest BCUT2D eigenvalue weighted by molar-refractivity contribution is 6.71. The summed E-state index contributed by atoms with van der Waals surface area (Å²) in [5, 5.41) is 22.7. The monoisotopic (exact) mass is 808 g/mol. The van der Waals surface area contributed by atoms with Crippen molar-refractivity contribution in [2.24, 2.45) is 5.92 Å². The molecule has 1 unspecified atom stereocenters. The molecule has 3 amide bonds. The Kier molecular flexibility index (Phi) is 13.5. The smallest absolute Gasteiger partial charge is 0.305 e. The van der Waals surface area contributed by atoms with Gasteiger partial charge in [-0.25, -0.2) is 0 Å². The first kappa shape index (κ1) is 42.7. The van der Waals surface area contributed by atoms with E-state index in [1.165, 1.54) is 7.11 Å². The van der Waals surface area contributed by atoms with E-state index in [0.29, 0.717) is 93.1 Å². The van der Waals surface area contributed by atoms with Gasteiger partial charge in [0.05, 0.1) is 56.3 Å². The number of nitrogens with zero attached hydrogens (tertiary/aromatic N) is 3. The lowest BCUT2D eigenvalue weighted by molar-refractivity contribution is -0.150. The number of carbonyl (C=O) groups is 4. The maximum Gasteiger partial charge on any atom is 0.305 e. The summed E-state index contributed by atoms with van der Waals surface area (Å²) in [6.45, 7) is 9.26. The number of hydrogen-bond acceptors (Lipinski definition) is 11. The highest BCUT2D eigenvalue weighted by atomic mass is 28.4. The van der Waals surface area contributed by atoms with Crippen LogP contribution in [0.4, 0.5) is 17.1 Å². The van der Waals surface area contributed by atoms with Crippen LogP contribution in [0.1, 0.15) is 76.3 Å². The van der Waals surface area contributed by atoms with Crippen LogP contribution in [0.15, 0.2) is 36.4 Å². The lowest BCUT2D eigenvalue weighted by Crippen LogP contribution is -2.49. The Hall–Kier alpha value is -3.86. The van der Waals surface area contributed by atoms with Gasteiger partial charge in [-0.3, -0.25) is 24.1 Å². The molecule has 2 saturated heterocycles. The minimum Gasteiger partial charge on any atom is -0.494 e. The number of nitrogens with one attached hydrogen (secondary N) is 1. The summed E-state index contributed by atoms with van der Waals surface area (Å²) >= 11 is 0. The van der Waals surface area contributed by atoms with Crippen molar-refractivity contribution in [2.75, 3.05) is 56.4 Å². The normalized spacial score (nSPS) is 25.7. The van der Waals surface area contributed by atoms with E-state index in [1.54, 1.807) is 14.7 Å². The van der Waals surface area contributed by atoms with Gasteiger partial charge in [-0.1, -0.05) is 6.92 Å². The zero-order chi connectivity index (χ0) is 41.1. The highest BCUT2D eigenvalue weighted by Crippen LogP contribution is 2.60. The number of aliphatic hydroxyl groups excluding tert-OH is 2. The molecule has 6 atom stereocenters. The van der Waals surface area contributed by atoms with Gasteiger partial charge in [0.1, 0.15) is 5.75 Å². The van der Waals surface area contributed by atoms with E-state index in [0.717, 1.165) is 12.0 Å². The molecule has 14 nitrogen and oxygen atoms in total. The van der Waals surface area contributed by atoms with Crippen LogP contribution in [-0.2, 0) is 40.7 Å². The summed E-state index contributed by atoms with van der Waals surface area (Å²) in [4.78, 5) is 72.4.